The number of rotatable bonds is 4. The van der Waals surface area contributed by atoms with Gasteiger partial charge in [0.1, 0.15) is 23.4 Å². The Balaban J connectivity index is 1.86. The van der Waals surface area contributed by atoms with Crippen molar-refractivity contribution in [3.05, 3.63) is 53.6 Å². The summed E-state index contributed by atoms with van der Waals surface area (Å²) in [4.78, 5) is 7.01. The normalized spacial score (nSPS) is 10.3. The number of nitrogens with zero attached hydrogens (tertiary/aromatic N) is 4. The monoisotopic (exact) mass is 280 g/mol. The van der Waals surface area contributed by atoms with Crippen LogP contribution >= 0.6 is 0 Å². The van der Waals surface area contributed by atoms with Gasteiger partial charge in [0.05, 0.1) is 18.7 Å². The van der Waals surface area contributed by atoms with E-state index in [0.29, 0.717) is 11.3 Å². The van der Waals surface area contributed by atoms with Crippen LogP contribution in [0.2, 0.25) is 0 Å². The number of hydrogen-bond acceptors (Lipinski definition) is 5. The van der Waals surface area contributed by atoms with Crippen molar-refractivity contribution in [1.29, 1.82) is 5.26 Å². The predicted molar refractivity (Wildman–Crippen MR) is 75.5 cm³/mol. The highest BCUT2D eigenvalue weighted by atomic mass is 16.7. The molecule has 2 aromatic carbocycles. The standard InChI is InChI=1S/C15H12N4O2/c1-20-15-7-6-11(9-16)8-12(15)10-21-19-14-5-3-2-4-13(14)17-18-19/h2-8H,10H2,1H3. The maximum Gasteiger partial charge on any atom is 0.145 e. The fraction of sp³-hybridized carbons (Fsp3) is 0.133. The highest BCUT2D eigenvalue weighted by Gasteiger charge is 2.08. The van der Waals surface area contributed by atoms with Crippen molar-refractivity contribution in [2.75, 3.05) is 7.11 Å². The van der Waals surface area contributed by atoms with Gasteiger partial charge in [-0.1, -0.05) is 17.0 Å². The molecule has 1 aromatic heterocycles. The fourth-order valence-electron chi connectivity index (χ4n) is 2.03. The minimum atomic E-state index is 0.228. The van der Waals surface area contributed by atoms with Crippen LogP contribution in [-0.4, -0.2) is 22.3 Å². The van der Waals surface area contributed by atoms with Crippen molar-refractivity contribution >= 4 is 11.0 Å². The van der Waals surface area contributed by atoms with E-state index in [4.69, 9.17) is 14.8 Å². The minimum absolute atomic E-state index is 0.228. The summed E-state index contributed by atoms with van der Waals surface area (Å²) in [6.07, 6.45) is 0. The van der Waals surface area contributed by atoms with Crippen molar-refractivity contribution in [3.8, 4) is 11.8 Å². The van der Waals surface area contributed by atoms with Crippen LogP contribution < -0.4 is 9.57 Å². The Morgan fingerprint density at radius 3 is 2.90 bits per heavy atom. The van der Waals surface area contributed by atoms with E-state index in [1.165, 1.54) is 4.85 Å². The molecule has 0 saturated carbocycles. The fourth-order valence-corrected chi connectivity index (χ4v) is 2.03. The summed E-state index contributed by atoms with van der Waals surface area (Å²) in [6.45, 7) is 0.228. The van der Waals surface area contributed by atoms with Crippen molar-refractivity contribution in [2.24, 2.45) is 0 Å². The van der Waals surface area contributed by atoms with Gasteiger partial charge in [-0.15, -0.1) is 5.10 Å². The van der Waals surface area contributed by atoms with E-state index in [-0.39, 0.29) is 6.61 Å². The molecule has 3 rings (SSSR count). The Kier molecular flexibility index (Phi) is 3.39. The van der Waals surface area contributed by atoms with E-state index in [0.717, 1.165) is 16.6 Å². The van der Waals surface area contributed by atoms with E-state index < -0.39 is 0 Å². The lowest BCUT2D eigenvalue weighted by molar-refractivity contribution is 0.0739. The molecule has 0 aliphatic heterocycles. The van der Waals surface area contributed by atoms with E-state index in [1.54, 1.807) is 25.3 Å². The molecule has 0 radical (unpaired) electrons. The van der Waals surface area contributed by atoms with Gasteiger partial charge in [0.25, 0.3) is 0 Å². The maximum atomic E-state index is 8.96. The lowest BCUT2D eigenvalue weighted by atomic mass is 10.1. The molecule has 0 saturated heterocycles. The molecule has 0 N–H and O–H groups in total. The Morgan fingerprint density at radius 2 is 2.10 bits per heavy atom. The third kappa shape index (κ3) is 2.49. The number of methoxy groups -OCH3 is 1. The smallest absolute Gasteiger partial charge is 0.145 e. The first kappa shape index (κ1) is 12.9. The summed E-state index contributed by atoms with van der Waals surface area (Å²) < 4.78 is 5.27. The topological polar surface area (TPSA) is 73.0 Å². The highest BCUT2D eigenvalue weighted by molar-refractivity contribution is 5.73. The number of aromatic nitrogens is 3. The zero-order chi connectivity index (χ0) is 14.7. The average molecular weight is 280 g/mol. The van der Waals surface area contributed by atoms with Gasteiger partial charge in [0, 0.05) is 5.56 Å². The van der Waals surface area contributed by atoms with Crippen LogP contribution in [0.15, 0.2) is 42.5 Å². The molecule has 3 aromatic rings. The number of nitriles is 1. The summed E-state index contributed by atoms with van der Waals surface area (Å²) in [5.74, 6) is 0.665. The number of ether oxygens (including phenoxy) is 1. The van der Waals surface area contributed by atoms with Crippen molar-refractivity contribution in [2.45, 2.75) is 6.61 Å². The van der Waals surface area contributed by atoms with Gasteiger partial charge < -0.3 is 9.57 Å². The number of benzene rings is 2. The molecule has 0 unspecified atom stereocenters. The van der Waals surface area contributed by atoms with Crippen LogP contribution in [0.3, 0.4) is 0 Å². The van der Waals surface area contributed by atoms with Crippen LogP contribution in [0.5, 0.6) is 5.75 Å². The third-order valence-corrected chi connectivity index (χ3v) is 3.07. The van der Waals surface area contributed by atoms with E-state index in [1.807, 2.05) is 24.3 Å². The summed E-state index contributed by atoms with van der Waals surface area (Å²) in [5.41, 5.74) is 2.87. The Morgan fingerprint density at radius 1 is 1.24 bits per heavy atom. The van der Waals surface area contributed by atoms with Crippen LogP contribution in [0.1, 0.15) is 11.1 Å². The molecular formula is C15H12N4O2. The molecule has 1 heterocycles. The largest absolute Gasteiger partial charge is 0.496 e. The van der Waals surface area contributed by atoms with Crippen LogP contribution in [0.4, 0.5) is 0 Å². The van der Waals surface area contributed by atoms with Gasteiger partial charge >= 0.3 is 0 Å². The van der Waals surface area contributed by atoms with Gasteiger partial charge in [-0.25, -0.2) is 0 Å². The lowest BCUT2D eigenvalue weighted by Gasteiger charge is -2.10. The molecule has 104 valence electrons. The van der Waals surface area contributed by atoms with Crippen molar-refractivity contribution in [3.63, 3.8) is 0 Å². The number of fused-ring (bicyclic) bond motifs is 1. The summed E-state index contributed by atoms with van der Waals surface area (Å²) >= 11 is 0. The van der Waals surface area contributed by atoms with Gasteiger partial charge in [0.15, 0.2) is 0 Å². The quantitative estimate of drug-likeness (QED) is 0.730. The second-order valence-electron chi connectivity index (χ2n) is 4.36. The molecular weight excluding hydrogens is 268 g/mol. The molecule has 6 heteroatoms. The highest BCUT2D eigenvalue weighted by Crippen LogP contribution is 2.20. The van der Waals surface area contributed by atoms with Gasteiger partial charge in [-0.2, -0.15) is 5.26 Å². The van der Waals surface area contributed by atoms with Crippen molar-refractivity contribution < 1.29 is 9.57 Å². The van der Waals surface area contributed by atoms with Crippen LogP contribution in [0.25, 0.3) is 11.0 Å². The Hall–Kier alpha value is -3.07. The number of para-hydroxylation sites is 1. The molecule has 0 aliphatic carbocycles. The number of hydrogen-bond donors (Lipinski definition) is 0. The zero-order valence-electron chi connectivity index (χ0n) is 11.4. The Labute approximate surface area is 121 Å². The van der Waals surface area contributed by atoms with E-state index in [9.17, 15) is 0 Å². The molecule has 6 nitrogen and oxygen atoms in total. The second-order valence-corrected chi connectivity index (χ2v) is 4.36. The third-order valence-electron chi connectivity index (χ3n) is 3.07. The van der Waals surface area contributed by atoms with Crippen LogP contribution in [-0.2, 0) is 6.61 Å². The van der Waals surface area contributed by atoms with Gasteiger partial charge in [0.2, 0.25) is 0 Å². The Bertz CT molecular complexity index is 820. The minimum Gasteiger partial charge on any atom is -0.496 e. The summed E-state index contributed by atoms with van der Waals surface area (Å²) in [7, 11) is 1.58. The zero-order valence-corrected chi connectivity index (χ0v) is 11.4. The van der Waals surface area contributed by atoms with Gasteiger partial charge in [-0.3, -0.25) is 0 Å². The molecule has 21 heavy (non-hydrogen) atoms. The van der Waals surface area contributed by atoms with E-state index >= 15 is 0 Å². The SMILES string of the molecule is COc1ccc(C#N)cc1COn1nnc2ccccc21. The molecule has 0 aliphatic rings. The van der Waals surface area contributed by atoms with E-state index in [2.05, 4.69) is 16.4 Å². The van der Waals surface area contributed by atoms with Gasteiger partial charge in [-0.05, 0) is 35.5 Å². The molecule has 0 bridgehead atoms. The summed E-state index contributed by atoms with van der Waals surface area (Å²) in [6, 6.07) is 14.8. The molecule has 0 fully saturated rings. The van der Waals surface area contributed by atoms with Crippen LogP contribution in [0, 0.1) is 11.3 Å². The first-order valence-electron chi connectivity index (χ1n) is 6.32. The second kappa shape index (κ2) is 5.51. The average Bonchev–Trinajstić information content (AvgIpc) is 2.96. The maximum absolute atomic E-state index is 8.96. The molecule has 0 spiro atoms. The first-order chi connectivity index (χ1) is 10.3. The van der Waals surface area contributed by atoms with Crippen molar-refractivity contribution in [1.82, 2.24) is 15.2 Å². The first-order valence-corrected chi connectivity index (χ1v) is 6.32. The predicted octanol–water partition coefficient (Wildman–Crippen LogP) is 1.94. The summed E-state index contributed by atoms with van der Waals surface area (Å²) in [5, 5.41) is 16.9. The molecule has 0 atom stereocenters. The lowest BCUT2D eigenvalue weighted by Crippen LogP contribution is -2.13. The molecule has 0 amide bonds.